The van der Waals surface area contributed by atoms with Crippen molar-refractivity contribution in [3.8, 4) is 5.69 Å². The summed E-state index contributed by atoms with van der Waals surface area (Å²) in [5.41, 5.74) is 4.99. The Morgan fingerprint density at radius 3 is 2.74 bits per heavy atom. The average molecular weight is 421 g/mol. The molecule has 0 aliphatic carbocycles. The molecular formula is C25H29FN4O. The number of nitrogens with one attached hydrogen (secondary N) is 1. The lowest BCUT2D eigenvalue weighted by atomic mass is 9.96. The van der Waals surface area contributed by atoms with Gasteiger partial charge in [-0.05, 0) is 63.1 Å². The Morgan fingerprint density at radius 2 is 1.97 bits per heavy atom. The van der Waals surface area contributed by atoms with Crippen molar-refractivity contribution in [1.82, 2.24) is 20.0 Å². The van der Waals surface area contributed by atoms with E-state index in [-0.39, 0.29) is 17.6 Å². The van der Waals surface area contributed by atoms with Gasteiger partial charge >= 0.3 is 0 Å². The molecule has 1 aliphatic heterocycles. The third-order valence-corrected chi connectivity index (χ3v) is 6.05. The van der Waals surface area contributed by atoms with Gasteiger partial charge in [0.2, 0.25) is 5.91 Å². The molecule has 1 aromatic heterocycles. The number of para-hydroxylation sites is 1. The van der Waals surface area contributed by atoms with E-state index < -0.39 is 0 Å². The van der Waals surface area contributed by atoms with Gasteiger partial charge < -0.3 is 5.32 Å². The van der Waals surface area contributed by atoms with Gasteiger partial charge in [0, 0.05) is 30.9 Å². The van der Waals surface area contributed by atoms with E-state index >= 15 is 0 Å². The molecule has 162 valence electrons. The maximum atomic E-state index is 13.5. The zero-order chi connectivity index (χ0) is 21.8. The molecule has 2 aromatic carbocycles. The van der Waals surface area contributed by atoms with Crippen molar-refractivity contribution in [3.63, 3.8) is 0 Å². The van der Waals surface area contributed by atoms with Crippen LogP contribution in [0.25, 0.3) is 5.69 Å². The highest BCUT2D eigenvalue weighted by molar-refractivity contribution is 5.79. The summed E-state index contributed by atoms with van der Waals surface area (Å²) in [6.45, 7) is 6.80. The summed E-state index contributed by atoms with van der Waals surface area (Å²) in [7, 11) is 0. The Labute approximate surface area is 182 Å². The van der Waals surface area contributed by atoms with E-state index in [2.05, 4.69) is 15.3 Å². The first-order chi connectivity index (χ1) is 15.0. The molecule has 0 saturated carbocycles. The van der Waals surface area contributed by atoms with Gasteiger partial charge in [-0.25, -0.2) is 9.07 Å². The van der Waals surface area contributed by atoms with Gasteiger partial charge in [-0.1, -0.05) is 30.3 Å². The molecule has 31 heavy (non-hydrogen) atoms. The normalized spacial score (nSPS) is 16.9. The SMILES string of the molecule is Cc1nn(-c2ccccc2)c(C)c1CNC(=O)C1CCCN(Cc2cccc(F)c2)C1. The molecule has 1 amide bonds. The molecule has 5 nitrogen and oxygen atoms in total. The summed E-state index contributed by atoms with van der Waals surface area (Å²) in [6, 6.07) is 16.7. The average Bonchev–Trinajstić information content (AvgIpc) is 3.06. The monoisotopic (exact) mass is 420 g/mol. The van der Waals surface area contributed by atoms with Gasteiger partial charge in [0.25, 0.3) is 0 Å². The first-order valence-corrected chi connectivity index (χ1v) is 10.9. The molecule has 1 atom stereocenters. The van der Waals surface area contributed by atoms with E-state index in [9.17, 15) is 9.18 Å². The number of aromatic nitrogens is 2. The first-order valence-electron chi connectivity index (χ1n) is 10.9. The van der Waals surface area contributed by atoms with Crippen LogP contribution in [0.2, 0.25) is 0 Å². The summed E-state index contributed by atoms with van der Waals surface area (Å²) >= 11 is 0. The van der Waals surface area contributed by atoms with Crippen molar-refractivity contribution < 1.29 is 9.18 Å². The minimum absolute atomic E-state index is 0.0490. The second-order valence-electron chi connectivity index (χ2n) is 8.32. The zero-order valence-corrected chi connectivity index (χ0v) is 18.1. The summed E-state index contributed by atoms with van der Waals surface area (Å²) in [6.07, 6.45) is 1.85. The smallest absolute Gasteiger partial charge is 0.224 e. The highest BCUT2D eigenvalue weighted by Crippen LogP contribution is 2.21. The molecule has 1 N–H and O–H groups in total. The Morgan fingerprint density at radius 1 is 1.16 bits per heavy atom. The van der Waals surface area contributed by atoms with Crippen molar-refractivity contribution >= 4 is 5.91 Å². The Kier molecular flexibility index (Phi) is 6.47. The lowest BCUT2D eigenvalue weighted by molar-refractivity contribution is -0.126. The molecule has 0 spiro atoms. The van der Waals surface area contributed by atoms with Crippen LogP contribution >= 0.6 is 0 Å². The van der Waals surface area contributed by atoms with Crippen molar-refractivity contribution in [2.45, 2.75) is 39.8 Å². The fourth-order valence-corrected chi connectivity index (χ4v) is 4.38. The molecular weight excluding hydrogens is 391 g/mol. The summed E-state index contributed by atoms with van der Waals surface area (Å²) in [5.74, 6) is -0.187. The van der Waals surface area contributed by atoms with Crippen LogP contribution in [-0.2, 0) is 17.9 Å². The van der Waals surface area contributed by atoms with Crippen molar-refractivity contribution in [3.05, 3.63) is 82.9 Å². The number of carbonyl (C=O) groups is 1. The van der Waals surface area contributed by atoms with E-state index in [1.165, 1.54) is 6.07 Å². The molecule has 1 aliphatic rings. The molecule has 1 saturated heterocycles. The number of benzene rings is 2. The maximum Gasteiger partial charge on any atom is 0.224 e. The number of hydrogen-bond acceptors (Lipinski definition) is 3. The molecule has 0 radical (unpaired) electrons. The molecule has 0 bridgehead atoms. The van der Waals surface area contributed by atoms with Gasteiger partial charge in [-0.15, -0.1) is 0 Å². The fourth-order valence-electron chi connectivity index (χ4n) is 4.38. The molecule has 4 rings (SSSR count). The maximum absolute atomic E-state index is 13.5. The minimum Gasteiger partial charge on any atom is -0.352 e. The highest BCUT2D eigenvalue weighted by atomic mass is 19.1. The van der Waals surface area contributed by atoms with Crippen molar-refractivity contribution in [1.29, 1.82) is 0 Å². The Bertz CT molecular complexity index is 1050. The van der Waals surface area contributed by atoms with Crippen LogP contribution in [0, 0.1) is 25.6 Å². The number of aryl methyl sites for hydroxylation is 1. The topological polar surface area (TPSA) is 50.2 Å². The van der Waals surface area contributed by atoms with E-state index in [4.69, 9.17) is 0 Å². The second-order valence-corrected chi connectivity index (χ2v) is 8.32. The quantitative estimate of drug-likeness (QED) is 0.652. The zero-order valence-electron chi connectivity index (χ0n) is 18.1. The van der Waals surface area contributed by atoms with Gasteiger partial charge in [-0.2, -0.15) is 5.10 Å². The van der Waals surface area contributed by atoms with Crippen LogP contribution in [0.1, 0.15) is 35.4 Å². The van der Waals surface area contributed by atoms with Crippen molar-refractivity contribution in [2.75, 3.05) is 13.1 Å². The lowest BCUT2D eigenvalue weighted by Gasteiger charge is -2.32. The van der Waals surface area contributed by atoms with Crippen molar-refractivity contribution in [2.24, 2.45) is 5.92 Å². The molecule has 2 heterocycles. The van der Waals surface area contributed by atoms with Crippen LogP contribution in [0.5, 0.6) is 0 Å². The standard InChI is InChI=1S/C25H29FN4O/c1-18-24(19(2)30(28-18)23-11-4-3-5-12-23)15-27-25(31)21-9-7-13-29(17-21)16-20-8-6-10-22(26)14-20/h3-6,8,10-12,14,21H,7,9,13,15-17H2,1-2H3,(H,27,31). The third-order valence-electron chi connectivity index (χ3n) is 6.05. The van der Waals surface area contributed by atoms with E-state index in [1.54, 1.807) is 12.1 Å². The number of piperidine rings is 1. The summed E-state index contributed by atoms with van der Waals surface area (Å²) < 4.78 is 15.4. The fraction of sp³-hybridized carbons (Fsp3) is 0.360. The number of halogens is 1. The van der Waals surface area contributed by atoms with Gasteiger partial charge in [0.1, 0.15) is 5.82 Å². The van der Waals surface area contributed by atoms with E-state index in [1.807, 2.05) is 54.9 Å². The summed E-state index contributed by atoms with van der Waals surface area (Å²) in [5, 5.41) is 7.79. The van der Waals surface area contributed by atoms with Gasteiger partial charge in [0.15, 0.2) is 0 Å². The highest BCUT2D eigenvalue weighted by Gasteiger charge is 2.26. The third kappa shape index (κ3) is 5.02. The largest absolute Gasteiger partial charge is 0.352 e. The minimum atomic E-state index is -0.217. The van der Waals surface area contributed by atoms with Crippen LogP contribution < -0.4 is 5.32 Å². The van der Waals surface area contributed by atoms with Crippen LogP contribution in [0.15, 0.2) is 54.6 Å². The van der Waals surface area contributed by atoms with Gasteiger partial charge in [-0.3, -0.25) is 9.69 Å². The number of carbonyl (C=O) groups excluding carboxylic acids is 1. The van der Waals surface area contributed by atoms with Gasteiger partial charge in [0.05, 0.1) is 17.3 Å². The first kappa shape index (κ1) is 21.2. The number of nitrogens with zero attached hydrogens (tertiary/aromatic N) is 3. The number of rotatable bonds is 6. The van der Waals surface area contributed by atoms with Crippen LogP contribution in [0.4, 0.5) is 4.39 Å². The van der Waals surface area contributed by atoms with Crippen LogP contribution in [0.3, 0.4) is 0 Å². The van der Waals surface area contributed by atoms with E-state index in [0.29, 0.717) is 19.6 Å². The number of amides is 1. The molecule has 6 heteroatoms. The predicted molar refractivity (Wildman–Crippen MR) is 119 cm³/mol. The van der Waals surface area contributed by atoms with E-state index in [0.717, 1.165) is 47.6 Å². The predicted octanol–water partition coefficient (Wildman–Crippen LogP) is 4.16. The molecule has 1 fully saturated rings. The Balaban J connectivity index is 1.37. The summed E-state index contributed by atoms with van der Waals surface area (Å²) in [4.78, 5) is 15.1. The lowest BCUT2D eigenvalue weighted by Crippen LogP contribution is -2.42. The molecule has 1 unspecified atom stereocenters. The number of likely N-dealkylation sites (tertiary alicyclic amines) is 1. The van der Waals surface area contributed by atoms with Crippen LogP contribution in [-0.4, -0.2) is 33.7 Å². The number of hydrogen-bond donors (Lipinski definition) is 1. The molecule has 3 aromatic rings. The second kappa shape index (κ2) is 9.43. The Hall–Kier alpha value is -2.99.